The molecule has 0 saturated heterocycles. The van der Waals surface area contributed by atoms with Crippen LogP contribution in [0.3, 0.4) is 0 Å². The van der Waals surface area contributed by atoms with Crippen LogP contribution in [0.1, 0.15) is 12.0 Å². The normalized spacial score (nSPS) is 12.4. The van der Waals surface area contributed by atoms with Gasteiger partial charge < -0.3 is 11.1 Å². The van der Waals surface area contributed by atoms with Gasteiger partial charge in [0.25, 0.3) is 0 Å². The maximum absolute atomic E-state index is 13.1. The number of nitrogen functional groups attached to an aromatic ring is 1. The van der Waals surface area contributed by atoms with Crippen molar-refractivity contribution >= 4 is 22.2 Å². The molecule has 0 aliphatic heterocycles. The average Bonchev–Trinajstić information content (AvgIpc) is 2.19. The first kappa shape index (κ1) is 13.0. The van der Waals surface area contributed by atoms with E-state index in [4.69, 9.17) is 5.73 Å². The van der Waals surface area contributed by atoms with Gasteiger partial charge in [-0.25, -0.2) is 4.39 Å². The molecule has 0 fully saturated rings. The predicted molar refractivity (Wildman–Crippen MR) is 67.6 cm³/mol. The number of nitrogens with two attached hydrogens (primary N) is 1. The topological polar surface area (TPSA) is 55.1 Å². The fourth-order valence-corrected chi connectivity index (χ4v) is 1.90. The molecule has 1 aromatic carbocycles. The van der Waals surface area contributed by atoms with Crippen molar-refractivity contribution in [2.45, 2.75) is 13.3 Å². The highest BCUT2D eigenvalue weighted by atomic mass is 32.2. The van der Waals surface area contributed by atoms with Crippen LogP contribution in [0.4, 0.5) is 15.8 Å². The van der Waals surface area contributed by atoms with Crippen molar-refractivity contribution in [3.8, 4) is 0 Å². The lowest BCUT2D eigenvalue weighted by Gasteiger charge is -2.10. The second-order valence-electron chi connectivity index (χ2n) is 3.75. The van der Waals surface area contributed by atoms with Gasteiger partial charge in [0.1, 0.15) is 5.82 Å². The van der Waals surface area contributed by atoms with Gasteiger partial charge in [-0.1, -0.05) is 0 Å². The van der Waals surface area contributed by atoms with E-state index in [1.807, 2.05) is 0 Å². The molecule has 0 aromatic heterocycles. The lowest BCUT2D eigenvalue weighted by atomic mass is 10.2. The van der Waals surface area contributed by atoms with Crippen molar-refractivity contribution in [3.63, 3.8) is 0 Å². The van der Waals surface area contributed by atoms with Gasteiger partial charge in [0, 0.05) is 29.4 Å². The molecule has 0 spiro atoms. The molecule has 0 bridgehead atoms. The summed E-state index contributed by atoms with van der Waals surface area (Å²) in [7, 11) is -0.768. The van der Waals surface area contributed by atoms with Crippen LogP contribution < -0.4 is 11.1 Å². The van der Waals surface area contributed by atoms with E-state index < -0.39 is 10.8 Å². The first-order valence-electron chi connectivity index (χ1n) is 5.10. The monoisotopic (exact) mass is 244 g/mol. The third-order valence-electron chi connectivity index (χ3n) is 2.25. The fraction of sp³-hybridized carbons (Fsp3) is 0.455. The standard InChI is InChI=1S/C11H17FN2OS/c1-8-6-11(10(13)7-9(8)12)14-4-3-5-16(2)15/h6-7,14H,3-5,13H2,1-2H3. The van der Waals surface area contributed by atoms with E-state index in [2.05, 4.69) is 5.32 Å². The van der Waals surface area contributed by atoms with Crippen LogP contribution in [0.25, 0.3) is 0 Å². The van der Waals surface area contributed by atoms with Crippen LogP contribution in [0.15, 0.2) is 12.1 Å². The van der Waals surface area contributed by atoms with E-state index in [9.17, 15) is 8.60 Å². The van der Waals surface area contributed by atoms with Gasteiger partial charge >= 0.3 is 0 Å². The molecule has 0 aliphatic carbocycles. The number of rotatable bonds is 5. The summed E-state index contributed by atoms with van der Waals surface area (Å²) in [5, 5.41) is 3.11. The van der Waals surface area contributed by atoms with Crippen molar-refractivity contribution in [1.82, 2.24) is 0 Å². The largest absolute Gasteiger partial charge is 0.397 e. The van der Waals surface area contributed by atoms with Crippen molar-refractivity contribution in [2.75, 3.05) is 29.6 Å². The molecule has 0 amide bonds. The summed E-state index contributed by atoms with van der Waals surface area (Å²) < 4.78 is 23.9. The van der Waals surface area contributed by atoms with Crippen LogP contribution in [0.5, 0.6) is 0 Å². The highest BCUT2D eigenvalue weighted by molar-refractivity contribution is 7.84. The number of hydrogen-bond acceptors (Lipinski definition) is 3. The molecule has 3 nitrogen and oxygen atoms in total. The minimum atomic E-state index is -0.768. The molecule has 0 saturated carbocycles. The van der Waals surface area contributed by atoms with E-state index in [-0.39, 0.29) is 5.82 Å². The summed E-state index contributed by atoms with van der Waals surface area (Å²) in [6.45, 7) is 2.38. The molecule has 16 heavy (non-hydrogen) atoms. The molecule has 3 N–H and O–H groups in total. The average molecular weight is 244 g/mol. The fourth-order valence-electron chi connectivity index (χ4n) is 1.35. The van der Waals surface area contributed by atoms with Gasteiger partial charge in [-0.05, 0) is 31.0 Å². The number of hydrogen-bond donors (Lipinski definition) is 2. The SMILES string of the molecule is Cc1cc(NCCCS(C)=O)c(N)cc1F. The zero-order chi connectivity index (χ0) is 12.1. The maximum Gasteiger partial charge on any atom is 0.128 e. The Labute approximate surface area is 97.7 Å². The summed E-state index contributed by atoms with van der Waals surface area (Å²) in [5.41, 5.74) is 7.38. The summed E-state index contributed by atoms with van der Waals surface area (Å²) in [6.07, 6.45) is 2.48. The summed E-state index contributed by atoms with van der Waals surface area (Å²) in [5.74, 6) is 0.366. The third kappa shape index (κ3) is 3.81. The van der Waals surface area contributed by atoms with Crippen molar-refractivity contribution in [2.24, 2.45) is 0 Å². The Morgan fingerprint density at radius 3 is 2.81 bits per heavy atom. The number of anilines is 2. The van der Waals surface area contributed by atoms with Crippen LogP contribution >= 0.6 is 0 Å². The van der Waals surface area contributed by atoms with Crippen molar-refractivity contribution in [3.05, 3.63) is 23.5 Å². The smallest absolute Gasteiger partial charge is 0.128 e. The zero-order valence-corrected chi connectivity index (χ0v) is 10.4. The molecule has 0 radical (unpaired) electrons. The minimum absolute atomic E-state index is 0.294. The van der Waals surface area contributed by atoms with Gasteiger partial charge in [-0.2, -0.15) is 0 Å². The molecule has 1 aromatic rings. The van der Waals surface area contributed by atoms with Gasteiger partial charge in [-0.3, -0.25) is 4.21 Å². The summed E-state index contributed by atoms with van der Waals surface area (Å²) in [4.78, 5) is 0. The number of benzene rings is 1. The quantitative estimate of drug-likeness (QED) is 0.614. The first-order valence-corrected chi connectivity index (χ1v) is 6.83. The van der Waals surface area contributed by atoms with E-state index in [1.54, 1.807) is 19.2 Å². The summed E-state index contributed by atoms with van der Waals surface area (Å²) >= 11 is 0. The Hall–Kier alpha value is -1.10. The third-order valence-corrected chi connectivity index (χ3v) is 3.12. The van der Waals surface area contributed by atoms with E-state index in [0.29, 0.717) is 23.5 Å². The van der Waals surface area contributed by atoms with E-state index in [0.717, 1.165) is 12.1 Å². The zero-order valence-electron chi connectivity index (χ0n) is 9.55. The van der Waals surface area contributed by atoms with Crippen LogP contribution in [0.2, 0.25) is 0 Å². The van der Waals surface area contributed by atoms with E-state index in [1.165, 1.54) is 6.07 Å². The van der Waals surface area contributed by atoms with Crippen molar-refractivity contribution in [1.29, 1.82) is 0 Å². The molecular weight excluding hydrogens is 227 g/mol. The molecule has 1 unspecified atom stereocenters. The second-order valence-corrected chi connectivity index (χ2v) is 5.30. The molecule has 1 atom stereocenters. The highest BCUT2D eigenvalue weighted by Gasteiger charge is 2.04. The Bertz CT molecular complexity index is 396. The molecular formula is C11H17FN2OS. The van der Waals surface area contributed by atoms with Crippen LogP contribution in [-0.4, -0.2) is 22.8 Å². The van der Waals surface area contributed by atoms with Gasteiger partial charge in [0.2, 0.25) is 0 Å². The Morgan fingerprint density at radius 1 is 1.50 bits per heavy atom. The summed E-state index contributed by atoms with van der Waals surface area (Å²) in [6, 6.07) is 3.00. The Morgan fingerprint density at radius 2 is 2.19 bits per heavy atom. The molecule has 90 valence electrons. The van der Waals surface area contributed by atoms with Crippen LogP contribution in [0, 0.1) is 12.7 Å². The Kier molecular flexibility index (Phi) is 4.73. The molecule has 1 rings (SSSR count). The van der Waals surface area contributed by atoms with Gasteiger partial charge in [0.15, 0.2) is 0 Å². The molecule has 0 heterocycles. The first-order chi connectivity index (χ1) is 7.50. The highest BCUT2D eigenvalue weighted by Crippen LogP contribution is 2.22. The number of nitrogens with one attached hydrogen (secondary N) is 1. The van der Waals surface area contributed by atoms with Crippen LogP contribution in [-0.2, 0) is 10.8 Å². The van der Waals surface area contributed by atoms with E-state index >= 15 is 0 Å². The predicted octanol–water partition coefficient (Wildman–Crippen LogP) is 1.90. The maximum atomic E-state index is 13.1. The number of aryl methyl sites for hydroxylation is 1. The molecule has 0 aliphatic rings. The van der Waals surface area contributed by atoms with Crippen molar-refractivity contribution < 1.29 is 8.60 Å². The molecule has 5 heteroatoms. The second kappa shape index (κ2) is 5.84. The van der Waals surface area contributed by atoms with Gasteiger partial charge in [0.05, 0.1) is 11.4 Å². The number of halogens is 1. The van der Waals surface area contributed by atoms with Gasteiger partial charge in [-0.15, -0.1) is 0 Å². The lowest BCUT2D eigenvalue weighted by molar-refractivity contribution is 0.619. The Balaban J connectivity index is 2.54. The lowest BCUT2D eigenvalue weighted by Crippen LogP contribution is -2.08. The minimum Gasteiger partial charge on any atom is -0.397 e.